The average molecular weight is 370 g/mol. The number of nitrogens with one attached hydrogen (secondary N) is 1. The summed E-state index contributed by atoms with van der Waals surface area (Å²) < 4.78 is 29.4. The Kier molecular flexibility index (Phi) is 4.83. The molecule has 2 aliphatic rings. The minimum atomic E-state index is -4.28. The topological polar surface area (TPSA) is 113 Å². The summed E-state index contributed by atoms with van der Waals surface area (Å²) in [6.45, 7) is 5.36. The number of carbonyl (C=O) groups is 2. The number of aromatic nitrogens is 1. The minimum absolute atomic E-state index is 0.0511. The minimum Gasteiger partial charge on any atom is -0.360 e. The van der Waals surface area contributed by atoms with Crippen LogP contribution < -0.4 is 5.32 Å². The molecule has 2 fully saturated rings. The molecule has 0 aromatic carbocycles. The first-order chi connectivity index (χ1) is 11.8. The second-order valence-corrected chi connectivity index (χ2v) is 8.23. The van der Waals surface area contributed by atoms with Gasteiger partial charge in [-0.2, -0.15) is 0 Å². The Balaban J connectivity index is 1.54. The van der Waals surface area contributed by atoms with Crippen LogP contribution in [0.3, 0.4) is 0 Å². The van der Waals surface area contributed by atoms with Gasteiger partial charge in [-0.25, -0.2) is 8.42 Å². The summed E-state index contributed by atoms with van der Waals surface area (Å²) in [5.74, 6) is -0.229. The van der Waals surface area contributed by atoms with Crippen LogP contribution in [0.5, 0.6) is 0 Å². The molecular formula is C15H22N4O5S. The number of hydrogen-bond acceptors (Lipinski definition) is 7. The van der Waals surface area contributed by atoms with Crippen molar-refractivity contribution in [3.05, 3.63) is 11.5 Å². The number of rotatable bonds is 4. The zero-order valence-electron chi connectivity index (χ0n) is 14.3. The summed E-state index contributed by atoms with van der Waals surface area (Å²) >= 11 is 0. The highest BCUT2D eigenvalue weighted by atomic mass is 32.2. The molecule has 1 aliphatic carbocycles. The lowest BCUT2D eigenvalue weighted by Gasteiger charge is -2.34. The number of carbonyl (C=O) groups excluding carboxylic acids is 2. The molecule has 1 saturated carbocycles. The third-order valence-electron chi connectivity index (χ3n) is 4.59. The summed E-state index contributed by atoms with van der Waals surface area (Å²) in [4.78, 5) is 28.0. The number of hydrogen-bond donors (Lipinski definition) is 1. The van der Waals surface area contributed by atoms with Gasteiger partial charge in [-0.1, -0.05) is 5.16 Å². The quantitative estimate of drug-likeness (QED) is 0.798. The van der Waals surface area contributed by atoms with Gasteiger partial charge in [0.05, 0.1) is 12.2 Å². The lowest BCUT2D eigenvalue weighted by atomic mass is 10.3. The first kappa shape index (κ1) is 17.9. The highest BCUT2D eigenvalue weighted by Gasteiger charge is 2.34. The summed E-state index contributed by atoms with van der Waals surface area (Å²) in [5.41, 5.74) is 0.121. The third-order valence-corrected chi connectivity index (χ3v) is 6.35. The first-order valence-corrected chi connectivity index (χ1v) is 9.76. The number of piperazine rings is 1. The van der Waals surface area contributed by atoms with Gasteiger partial charge in [0.15, 0.2) is 5.76 Å². The van der Waals surface area contributed by atoms with Crippen LogP contribution in [0.25, 0.3) is 0 Å². The van der Waals surface area contributed by atoms with Gasteiger partial charge >= 0.3 is 5.24 Å². The van der Waals surface area contributed by atoms with E-state index in [0.29, 0.717) is 19.1 Å². The maximum absolute atomic E-state index is 12.3. The number of nitrogens with zero attached hydrogens (tertiary/aromatic N) is 3. The molecule has 138 valence electrons. The van der Waals surface area contributed by atoms with E-state index in [-0.39, 0.29) is 28.8 Å². The molecule has 25 heavy (non-hydrogen) atoms. The lowest BCUT2D eigenvalue weighted by molar-refractivity contribution is -0.131. The molecule has 1 N–H and O–H groups in total. The van der Waals surface area contributed by atoms with Gasteiger partial charge in [-0.3, -0.25) is 14.5 Å². The Labute approximate surface area is 146 Å². The van der Waals surface area contributed by atoms with Gasteiger partial charge in [0.2, 0.25) is 5.91 Å². The van der Waals surface area contributed by atoms with Crippen LogP contribution in [0.15, 0.2) is 9.42 Å². The van der Waals surface area contributed by atoms with E-state index in [4.69, 9.17) is 4.52 Å². The standard InChI is InChI=1S/C15H22N4O5S/c1-10-14(11(2)24-17-10)25(22,23)15(21)16-9-13(20)19-7-5-18(6-8-19)12-3-4-12/h12H,3-9H2,1-2H3,(H,16,21). The Hall–Kier alpha value is -1.94. The van der Waals surface area contributed by atoms with Crippen molar-refractivity contribution in [1.29, 1.82) is 0 Å². The molecule has 0 radical (unpaired) electrons. The molecule has 1 aliphatic heterocycles. The van der Waals surface area contributed by atoms with Gasteiger partial charge in [-0.15, -0.1) is 0 Å². The van der Waals surface area contributed by atoms with Crippen molar-refractivity contribution in [2.75, 3.05) is 32.7 Å². The molecule has 1 aromatic rings. The normalized spacial score (nSPS) is 19.0. The first-order valence-electron chi connectivity index (χ1n) is 8.28. The summed E-state index contributed by atoms with van der Waals surface area (Å²) in [5, 5.41) is 4.54. The fourth-order valence-electron chi connectivity index (χ4n) is 3.08. The summed E-state index contributed by atoms with van der Waals surface area (Å²) in [6.07, 6.45) is 2.45. The molecule has 3 rings (SSSR count). The zero-order chi connectivity index (χ0) is 18.2. The van der Waals surface area contributed by atoms with Crippen LogP contribution in [0.1, 0.15) is 24.3 Å². The van der Waals surface area contributed by atoms with Crippen molar-refractivity contribution in [2.45, 2.75) is 37.6 Å². The SMILES string of the molecule is Cc1noc(C)c1S(=O)(=O)C(=O)NCC(=O)N1CCN(C2CC2)CC1. The smallest absolute Gasteiger partial charge is 0.341 e. The second kappa shape index (κ2) is 6.75. The van der Waals surface area contributed by atoms with Gasteiger partial charge in [0.1, 0.15) is 4.90 Å². The number of amides is 2. The second-order valence-electron chi connectivity index (χ2n) is 6.45. The van der Waals surface area contributed by atoms with Crippen LogP contribution in [-0.2, 0) is 14.6 Å². The van der Waals surface area contributed by atoms with Crippen molar-refractivity contribution in [2.24, 2.45) is 0 Å². The maximum Gasteiger partial charge on any atom is 0.341 e. The van der Waals surface area contributed by atoms with Crippen molar-refractivity contribution in [3.63, 3.8) is 0 Å². The van der Waals surface area contributed by atoms with Gasteiger partial charge in [0.25, 0.3) is 9.84 Å². The molecule has 10 heteroatoms. The van der Waals surface area contributed by atoms with E-state index in [1.807, 2.05) is 0 Å². The highest BCUT2D eigenvalue weighted by Crippen LogP contribution is 2.27. The summed E-state index contributed by atoms with van der Waals surface area (Å²) in [6, 6.07) is 0.664. The third kappa shape index (κ3) is 3.69. The zero-order valence-corrected chi connectivity index (χ0v) is 15.1. The average Bonchev–Trinajstić information content (AvgIpc) is 3.37. The van der Waals surface area contributed by atoms with Gasteiger partial charge in [-0.05, 0) is 26.7 Å². The van der Waals surface area contributed by atoms with Gasteiger partial charge < -0.3 is 14.7 Å². The molecule has 0 atom stereocenters. The maximum atomic E-state index is 12.3. The van der Waals surface area contributed by atoms with E-state index >= 15 is 0 Å². The van der Waals surface area contributed by atoms with Crippen LogP contribution in [0.4, 0.5) is 4.79 Å². The molecule has 1 aromatic heterocycles. The molecule has 0 bridgehead atoms. The molecule has 0 spiro atoms. The molecule has 9 nitrogen and oxygen atoms in total. The number of aryl methyl sites for hydroxylation is 2. The van der Waals surface area contributed by atoms with Gasteiger partial charge in [0, 0.05) is 32.2 Å². The van der Waals surface area contributed by atoms with E-state index in [2.05, 4.69) is 15.4 Å². The van der Waals surface area contributed by atoms with Crippen molar-refractivity contribution in [1.82, 2.24) is 20.3 Å². The predicted octanol–water partition coefficient (Wildman–Crippen LogP) is 0.0813. The van der Waals surface area contributed by atoms with Crippen molar-refractivity contribution in [3.8, 4) is 0 Å². The Morgan fingerprint density at radius 2 is 1.84 bits per heavy atom. The van der Waals surface area contributed by atoms with Crippen LogP contribution >= 0.6 is 0 Å². The van der Waals surface area contributed by atoms with Crippen LogP contribution in [-0.4, -0.2) is 73.3 Å². The molecule has 0 unspecified atom stereocenters. The number of sulfone groups is 1. The monoisotopic (exact) mass is 370 g/mol. The van der Waals surface area contributed by atoms with E-state index in [0.717, 1.165) is 13.1 Å². The summed E-state index contributed by atoms with van der Waals surface area (Å²) in [7, 11) is -4.28. The highest BCUT2D eigenvalue weighted by molar-refractivity contribution is 8.06. The van der Waals surface area contributed by atoms with E-state index in [1.54, 1.807) is 4.90 Å². The molecular weight excluding hydrogens is 348 g/mol. The fourth-order valence-corrected chi connectivity index (χ4v) is 4.37. The largest absolute Gasteiger partial charge is 0.360 e. The predicted molar refractivity (Wildman–Crippen MR) is 87.7 cm³/mol. The Morgan fingerprint density at radius 3 is 2.36 bits per heavy atom. The van der Waals surface area contributed by atoms with E-state index in [9.17, 15) is 18.0 Å². The fraction of sp³-hybridized carbons (Fsp3) is 0.667. The van der Waals surface area contributed by atoms with Crippen molar-refractivity contribution >= 4 is 21.0 Å². The lowest BCUT2D eigenvalue weighted by Crippen LogP contribution is -2.51. The molecule has 2 heterocycles. The molecule has 2 amide bonds. The van der Waals surface area contributed by atoms with Crippen molar-refractivity contribution < 1.29 is 22.5 Å². The van der Waals surface area contributed by atoms with Crippen LogP contribution in [0.2, 0.25) is 0 Å². The Bertz CT molecular complexity index is 756. The van der Waals surface area contributed by atoms with E-state index < -0.39 is 15.1 Å². The van der Waals surface area contributed by atoms with E-state index in [1.165, 1.54) is 26.7 Å². The van der Waals surface area contributed by atoms with Crippen LogP contribution in [0, 0.1) is 13.8 Å². The Morgan fingerprint density at radius 1 is 1.20 bits per heavy atom. The molecule has 1 saturated heterocycles.